The maximum atomic E-state index is 13.0. The molecule has 1 fully saturated rings. The van der Waals surface area contributed by atoms with E-state index in [9.17, 15) is 35.4 Å². The Balaban J connectivity index is 2.35. The van der Waals surface area contributed by atoms with Crippen LogP contribution in [-0.4, -0.2) is 98.7 Å². The van der Waals surface area contributed by atoms with Crippen molar-refractivity contribution >= 4 is 5.91 Å². The zero-order chi connectivity index (χ0) is 41.8. The molecule has 1 saturated heterocycles. The van der Waals surface area contributed by atoms with Gasteiger partial charge in [-0.3, -0.25) is 4.79 Å². The van der Waals surface area contributed by atoms with Crippen molar-refractivity contribution < 1.29 is 44.9 Å². The lowest BCUT2D eigenvalue weighted by Gasteiger charge is -2.40. The average Bonchev–Trinajstić information content (AvgIpc) is 3.21. The predicted molar refractivity (Wildman–Crippen MR) is 232 cm³/mol. The highest BCUT2D eigenvalue weighted by Crippen LogP contribution is 2.23. The van der Waals surface area contributed by atoms with Crippen LogP contribution in [0.25, 0.3) is 0 Å². The van der Waals surface area contributed by atoms with Crippen LogP contribution in [0.15, 0.2) is 0 Å². The first-order chi connectivity index (χ1) is 27.8. The van der Waals surface area contributed by atoms with Crippen molar-refractivity contribution in [1.82, 2.24) is 5.32 Å². The second-order valence-electron chi connectivity index (χ2n) is 17.4. The van der Waals surface area contributed by atoms with Gasteiger partial charge in [0.1, 0.15) is 30.5 Å². The zero-order valence-electron chi connectivity index (χ0n) is 37.0. The van der Waals surface area contributed by atoms with E-state index in [4.69, 9.17) is 9.47 Å². The van der Waals surface area contributed by atoms with Crippen LogP contribution in [0.2, 0.25) is 0 Å². The van der Waals surface area contributed by atoms with E-state index in [-0.39, 0.29) is 18.9 Å². The number of hydrogen-bond donors (Lipinski definition) is 7. The van der Waals surface area contributed by atoms with Gasteiger partial charge in [0.15, 0.2) is 6.29 Å². The Bertz CT molecular complexity index is 880. The van der Waals surface area contributed by atoms with Crippen LogP contribution in [-0.2, 0) is 14.3 Å². The molecule has 0 aromatic rings. The normalized spacial score (nSPS) is 21.4. The van der Waals surface area contributed by atoms with E-state index in [1.807, 2.05) is 0 Å². The smallest absolute Gasteiger partial charge is 0.220 e. The van der Waals surface area contributed by atoms with Gasteiger partial charge in [0, 0.05) is 6.42 Å². The molecule has 0 spiro atoms. The van der Waals surface area contributed by atoms with Crippen molar-refractivity contribution in [1.29, 1.82) is 0 Å². The SMILES string of the molecule is CCCCCCCCCCCCCCCCCCCCC(=O)N[C@@H](CO[C@@H]1O[C@H](CO)[C@H](O)C(O)C1O)[C@H](O)[C@H](O)CCCCCCCCCCCCCCCC. The van der Waals surface area contributed by atoms with Gasteiger partial charge in [-0.1, -0.05) is 213 Å². The van der Waals surface area contributed by atoms with E-state index in [1.54, 1.807) is 0 Å². The molecule has 7 N–H and O–H groups in total. The Morgan fingerprint density at radius 2 is 0.912 bits per heavy atom. The maximum Gasteiger partial charge on any atom is 0.220 e. The van der Waals surface area contributed by atoms with Crippen LogP contribution in [0.3, 0.4) is 0 Å². The highest BCUT2D eigenvalue weighted by atomic mass is 16.7. The number of nitrogens with one attached hydrogen (secondary N) is 1. The van der Waals surface area contributed by atoms with Gasteiger partial charge in [-0.2, -0.15) is 0 Å². The highest BCUT2D eigenvalue weighted by molar-refractivity contribution is 5.76. The second-order valence-corrected chi connectivity index (χ2v) is 17.4. The molecule has 0 aliphatic carbocycles. The molecule has 8 atom stereocenters. The van der Waals surface area contributed by atoms with Gasteiger partial charge < -0.3 is 45.4 Å². The number of amides is 1. The summed E-state index contributed by atoms with van der Waals surface area (Å²) in [5.74, 6) is -0.253. The summed E-state index contributed by atoms with van der Waals surface area (Å²) in [6.45, 7) is 3.63. The van der Waals surface area contributed by atoms with Gasteiger partial charge in [0.2, 0.25) is 5.91 Å². The van der Waals surface area contributed by atoms with E-state index < -0.39 is 55.6 Å². The monoisotopic (exact) mass is 816 g/mol. The van der Waals surface area contributed by atoms with Gasteiger partial charge in [-0.15, -0.1) is 0 Å². The largest absolute Gasteiger partial charge is 0.394 e. The van der Waals surface area contributed by atoms with Crippen molar-refractivity contribution in [3.05, 3.63) is 0 Å². The molecular weight excluding hydrogens is 723 g/mol. The van der Waals surface area contributed by atoms with Gasteiger partial charge >= 0.3 is 0 Å². The lowest BCUT2D eigenvalue weighted by Crippen LogP contribution is -2.60. The zero-order valence-corrected chi connectivity index (χ0v) is 37.0. The summed E-state index contributed by atoms with van der Waals surface area (Å²) in [5, 5.41) is 65.2. The van der Waals surface area contributed by atoms with E-state index in [0.717, 1.165) is 38.5 Å². The second kappa shape index (κ2) is 38.1. The molecule has 1 rings (SSSR count). The molecule has 2 unspecified atom stereocenters. The molecule has 0 aromatic heterocycles. The third-order valence-corrected chi connectivity index (χ3v) is 12.1. The lowest BCUT2D eigenvalue weighted by atomic mass is 9.98. The number of aliphatic hydroxyl groups is 6. The van der Waals surface area contributed by atoms with Gasteiger partial charge in [0.05, 0.1) is 25.4 Å². The van der Waals surface area contributed by atoms with Crippen molar-refractivity contribution in [3.8, 4) is 0 Å². The third kappa shape index (κ3) is 28.3. The van der Waals surface area contributed by atoms with Crippen LogP contribution >= 0.6 is 0 Å². The number of carbonyl (C=O) groups is 1. The molecule has 0 saturated carbocycles. The minimum Gasteiger partial charge on any atom is -0.394 e. The third-order valence-electron chi connectivity index (χ3n) is 12.1. The van der Waals surface area contributed by atoms with Crippen LogP contribution in [0.5, 0.6) is 0 Å². The molecule has 10 nitrogen and oxygen atoms in total. The molecule has 1 heterocycles. The van der Waals surface area contributed by atoms with Crippen LogP contribution in [0, 0.1) is 0 Å². The molecule has 1 aliphatic rings. The first-order valence-electron chi connectivity index (χ1n) is 24.3. The van der Waals surface area contributed by atoms with Gasteiger partial charge in [0.25, 0.3) is 0 Å². The summed E-state index contributed by atoms with van der Waals surface area (Å²) in [7, 11) is 0. The summed E-state index contributed by atoms with van der Waals surface area (Å²) in [4.78, 5) is 13.0. The predicted octanol–water partition coefficient (Wildman–Crippen LogP) is 9.31. The van der Waals surface area contributed by atoms with Gasteiger partial charge in [-0.25, -0.2) is 0 Å². The minimum atomic E-state index is -1.60. The van der Waals surface area contributed by atoms with E-state index in [0.29, 0.717) is 6.42 Å². The first kappa shape index (κ1) is 54.2. The van der Waals surface area contributed by atoms with E-state index >= 15 is 0 Å². The maximum absolute atomic E-state index is 13.0. The Morgan fingerprint density at radius 3 is 1.30 bits per heavy atom. The average molecular weight is 816 g/mol. The van der Waals surface area contributed by atoms with Crippen LogP contribution in [0.4, 0.5) is 0 Å². The van der Waals surface area contributed by atoms with Crippen LogP contribution < -0.4 is 5.32 Å². The number of aliphatic hydroxyl groups excluding tert-OH is 6. The van der Waals surface area contributed by atoms with Gasteiger partial charge in [-0.05, 0) is 12.8 Å². The molecule has 1 aliphatic heterocycles. The minimum absolute atomic E-state index is 0.253. The summed E-state index contributed by atoms with van der Waals surface area (Å²) >= 11 is 0. The fourth-order valence-corrected chi connectivity index (χ4v) is 8.08. The number of rotatable bonds is 41. The summed E-state index contributed by atoms with van der Waals surface area (Å²) < 4.78 is 11.2. The topological polar surface area (TPSA) is 169 Å². The number of unbranched alkanes of at least 4 members (excludes halogenated alkanes) is 30. The number of hydrogen-bond acceptors (Lipinski definition) is 9. The Kier molecular flexibility index (Phi) is 36.2. The Morgan fingerprint density at radius 1 is 0.544 bits per heavy atom. The number of ether oxygens (including phenoxy) is 2. The first-order valence-corrected chi connectivity index (χ1v) is 24.3. The standard InChI is InChI=1S/C47H93NO9/c1-3-5-7-9-11-13-15-17-19-20-21-22-24-26-28-30-32-34-36-42(51)48-39(38-56-47-46(55)45(54)44(53)41(37-49)57-47)43(52)40(50)35-33-31-29-27-25-23-18-16-14-12-10-8-6-4-2/h39-41,43-47,49-50,52-55H,3-38H2,1-2H3,(H,48,51)/t39-,40+,41+,43-,44-,45?,46?,47+/m0/s1. The van der Waals surface area contributed by atoms with Crippen molar-refractivity contribution in [2.45, 2.75) is 281 Å². The number of carbonyl (C=O) groups excluding carboxylic acids is 1. The fourth-order valence-electron chi connectivity index (χ4n) is 8.08. The quantitative estimate of drug-likeness (QED) is 0.0298. The molecule has 340 valence electrons. The van der Waals surface area contributed by atoms with Crippen LogP contribution in [0.1, 0.15) is 232 Å². The molecular formula is C47H93NO9. The summed E-state index contributed by atoms with van der Waals surface area (Å²) in [5.41, 5.74) is 0. The molecule has 57 heavy (non-hydrogen) atoms. The fraction of sp³-hybridized carbons (Fsp3) is 0.979. The molecule has 10 heteroatoms. The highest BCUT2D eigenvalue weighted by Gasteiger charge is 2.44. The van der Waals surface area contributed by atoms with E-state index in [2.05, 4.69) is 19.2 Å². The summed E-state index contributed by atoms with van der Waals surface area (Å²) in [6.07, 6.45) is 31.0. The Labute approximate surface area is 349 Å². The summed E-state index contributed by atoms with van der Waals surface area (Å²) in [6, 6.07) is -0.984. The molecule has 1 amide bonds. The van der Waals surface area contributed by atoms with Crippen molar-refractivity contribution in [3.63, 3.8) is 0 Å². The molecule has 0 bridgehead atoms. The lowest BCUT2D eigenvalue weighted by molar-refractivity contribution is -0.303. The molecule has 0 radical (unpaired) electrons. The molecule has 0 aromatic carbocycles. The van der Waals surface area contributed by atoms with Crippen molar-refractivity contribution in [2.75, 3.05) is 13.2 Å². The van der Waals surface area contributed by atoms with E-state index in [1.165, 1.54) is 167 Å². The Hall–Kier alpha value is -0.850. The van der Waals surface area contributed by atoms with Crippen molar-refractivity contribution in [2.24, 2.45) is 0 Å².